The molecule has 0 aliphatic rings. The number of nitrogens with zero attached hydrogens (tertiary/aromatic N) is 1. The van der Waals surface area contributed by atoms with E-state index in [1.165, 1.54) is 32.4 Å². The SMILES string of the molecule is CNS(=O)(=O)c1ccc(OC)c(C(=O)Nc2ccnc3c(C)cccc23)c1. The molecule has 2 N–H and O–H groups in total. The van der Waals surface area contributed by atoms with Gasteiger partial charge in [0, 0.05) is 11.6 Å². The summed E-state index contributed by atoms with van der Waals surface area (Å²) in [5, 5.41) is 3.62. The molecule has 8 heteroatoms. The van der Waals surface area contributed by atoms with Crippen LogP contribution in [0.1, 0.15) is 15.9 Å². The molecular formula is C19H19N3O4S. The van der Waals surface area contributed by atoms with Crippen LogP contribution in [0.4, 0.5) is 5.69 Å². The number of methoxy groups -OCH3 is 1. The van der Waals surface area contributed by atoms with E-state index in [9.17, 15) is 13.2 Å². The number of fused-ring (bicyclic) bond motifs is 1. The van der Waals surface area contributed by atoms with Crippen molar-refractivity contribution in [3.63, 3.8) is 0 Å². The third kappa shape index (κ3) is 3.62. The summed E-state index contributed by atoms with van der Waals surface area (Å²) < 4.78 is 31.6. The molecule has 3 rings (SSSR count). The Kier molecular flexibility index (Phi) is 5.11. The predicted octanol–water partition coefficient (Wildman–Crippen LogP) is 2.71. The van der Waals surface area contributed by atoms with Gasteiger partial charge in [0.05, 0.1) is 28.8 Å². The molecule has 0 aliphatic heterocycles. The second kappa shape index (κ2) is 7.34. The summed E-state index contributed by atoms with van der Waals surface area (Å²) in [4.78, 5) is 17.2. The van der Waals surface area contributed by atoms with E-state index in [-0.39, 0.29) is 16.2 Å². The van der Waals surface area contributed by atoms with Crippen LogP contribution in [0.15, 0.2) is 53.6 Å². The molecule has 0 saturated heterocycles. The maximum Gasteiger partial charge on any atom is 0.259 e. The lowest BCUT2D eigenvalue weighted by molar-refractivity contribution is 0.102. The number of ether oxygens (including phenoxy) is 1. The van der Waals surface area contributed by atoms with Gasteiger partial charge in [-0.15, -0.1) is 0 Å². The second-order valence-corrected chi connectivity index (χ2v) is 7.74. The summed E-state index contributed by atoms with van der Waals surface area (Å²) in [5.74, 6) is -0.203. The van der Waals surface area contributed by atoms with Crippen LogP contribution in [0, 0.1) is 6.92 Å². The smallest absolute Gasteiger partial charge is 0.259 e. The van der Waals surface area contributed by atoms with Crippen LogP contribution in [0.3, 0.4) is 0 Å². The number of nitrogens with one attached hydrogen (secondary N) is 2. The number of para-hydroxylation sites is 1. The minimum atomic E-state index is -3.69. The van der Waals surface area contributed by atoms with Crippen LogP contribution in [0.25, 0.3) is 10.9 Å². The first-order valence-electron chi connectivity index (χ1n) is 8.14. The second-order valence-electron chi connectivity index (χ2n) is 5.85. The highest BCUT2D eigenvalue weighted by Crippen LogP contribution is 2.27. The average Bonchev–Trinajstić information content (AvgIpc) is 2.68. The van der Waals surface area contributed by atoms with Crippen molar-refractivity contribution in [2.75, 3.05) is 19.5 Å². The molecule has 1 amide bonds. The van der Waals surface area contributed by atoms with Gasteiger partial charge in [0.25, 0.3) is 5.91 Å². The van der Waals surface area contributed by atoms with Crippen LogP contribution >= 0.6 is 0 Å². The Hall–Kier alpha value is -2.97. The minimum absolute atomic E-state index is 0.0219. The van der Waals surface area contributed by atoms with Gasteiger partial charge in [0.1, 0.15) is 5.75 Å². The van der Waals surface area contributed by atoms with E-state index >= 15 is 0 Å². The van der Waals surface area contributed by atoms with E-state index in [4.69, 9.17) is 4.74 Å². The number of pyridine rings is 1. The third-order valence-electron chi connectivity index (χ3n) is 4.22. The van der Waals surface area contributed by atoms with Crippen LogP contribution in [-0.4, -0.2) is 33.5 Å². The molecule has 1 heterocycles. The van der Waals surface area contributed by atoms with Crippen LogP contribution in [0.2, 0.25) is 0 Å². The van der Waals surface area contributed by atoms with E-state index in [0.717, 1.165) is 16.5 Å². The molecular weight excluding hydrogens is 366 g/mol. The molecule has 0 bridgehead atoms. The van der Waals surface area contributed by atoms with Crippen LogP contribution < -0.4 is 14.8 Å². The first kappa shape index (κ1) is 18.8. The van der Waals surface area contributed by atoms with Crippen LogP contribution in [0.5, 0.6) is 5.75 Å². The fraction of sp³-hybridized carbons (Fsp3) is 0.158. The predicted molar refractivity (Wildman–Crippen MR) is 104 cm³/mol. The summed E-state index contributed by atoms with van der Waals surface area (Å²) in [6.45, 7) is 1.94. The highest BCUT2D eigenvalue weighted by molar-refractivity contribution is 7.89. The normalized spacial score (nSPS) is 11.4. The van der Waals surface area contributed by atoms with Crippen LogP contribution in [-0.2, 0) is 10.0 Å². The van der Waals surface area contributed by atoms with Crippen molar-refractivity contribution in [3.8, 4) is 5.75 Å². The molecule has 0 aliphatic carbocycles. The Morgan fingerprint density at radius 3 is 2.63 bits per heavy atom. The van der Waals surface area contributed by atoms with Crippen molar-refractivity contribution in [2.24, 2.45) is 0 Å². The number of carbonyl (C=O) groups is 1. The monoisotopic (exact) mass is 385 g/mol. The number of amides is 1. The van der Waals surface area contributed by atoms with Gasteiger partial charge in [-0.05, 0) is 43.8 Å². The molecule has 0 atom stereocenters. The molecule has 7 nitrogen and oxygen atoms in total. The first-order chi connectivity index (χ1) is 12.9. The topological polar surface area (TPSA) is 97.4 Å². The zero-order valence-electron chi connectivity index (χ0n) is 15.1. The number of aryl methyl sites for hydroxylation is 1. The number of benzene rings is 2. The van der Waals surface area contributed by atoms with Crippen molar-refractivity contribution >= 4 is 32.5 Å². The molecule has 0 unspecified atom stereocenters. The van der Waals surface area contributed by atoms with Gasteiger partial charge in [-0.25, -0.2) is 13.1 Å². The number of rotatable bonds is 5. The molecule has 0 fully saturated rings. The van der Waals surface area contributed by atoms with Gasteiger partial charge in [-0.2, -0.15) is 0 Å². The average molecular weight is 385 g/mol. The Bertz CT molecular complexity index is 1130. The first-order valence-corrected chi connectivity index (χ1v) is 9.63. The number of aromatic nitrogens is 1. The van der Waals surface area contributed by atoms with Gasteiger partial charge in [-0.3, -0.25) is 9.78 Å². The fourth-order valence-electron chi connectivity index (χ4n) is 2.77. The van der Waals surface area contributed by atoms with E-state index in [2.05, 4.69) is 15.0 Å². The Morgan fingerprint density at radius 1 is 1.15 bits per heavy atom. The summed E-state index contributed by atoms with van der Waals surface area (Å²) >= 11 is 0. The molecule has 1 aromatic heterocycles. The number of anilines is 1. The van der Waals surface area contributed by atoms with Gasteiger partial charge >= 0.3 is 0 Å². The number of carbonyl (C=O) groups excluding carboxylic acids is 1. The maximum atomic E-state index is 12.9. The number of hydrogen-bond acceptors (Lipinski definition) is 5. The number of hydrogen-bond donors (Lipinski definition) is 2. The zero-order valence-corrected chi connectivity index (χ0v) is 15.9. The molecule has 140 valence electrons. The highest BCUT2D eigenvalue weighted by atomic mass is 32.2. The number of sulfonamides is 1. The van der Waals surface area contributed by atoms with Crippen molar-refractivity contribution in [1.82, 2.24) is 9.71 Å². The van der Waals surface area contributed by atoms with Gasteiger partial charge in [0.15, 0.2) is 0 Å². The van der Waals surface area contributed by atoms with E-state index < -0.39 is 15.9 Å². The zero-order chi connectivity index (χ0) is 19.6. The third-order valence-corrected chi connectivity index (χ3v) is 5.63. The molecule has 0 saturated carbocycles. The lowest BCUT2D eigenvalue weighted by Crippen LogP contribution is -2.20. The molecule has 27 heavy (non-hydrogen) atoms. The Morgan fingerprint density at radius 2 is 1.93 bits per heavy atom. The van der Waals surface area contributed by atoms with Gasteiger partial charge in [0.2, 0.25) is 10.0 Å². The largest absolute Gasteiger partial charge is 0.496 e. The highest BCUT2D eigenvalue weighted by Gasteiger charge is 2.19. The van der Waals surface area contributed by atoms with Gasteiger partial charge < -0.3 is 10.1 Å². The summed E-state index contributed by atoms with van der Waals surface area (Å²) in [5.41, 5.74) is 2.47. The molecule has 0 radical (unpaired) electrons. The molecule has 3 aromatic rings. The van der Waals surface area contributed by atoms with Crippen molar-refractivity contribution in [2.45, 2.75) is 11.8 Å². The van der Waals surface area contributed by atoms with Crippen molar-refractivity contribution in [1.29, 1.82) is 0 Å². The standard InChI is InChI=1S/C19H19N3O4S/c1-12-5-4-6-14-16(9-10-21-18(12)14)22-19(23)15-11-13(27(24,25)20-2)7-8-17(15)26-3/h4-11,20H,1-3H3,(H,21,22,23). The van der Waals surface area contributed by atoms with Crippen molar-refractivity contribution < 1.29 is 17.9 Å². The van der Waals surface area contributed by atoms with E-state index in [1.807, 2.05) is 25.1 Å². The van der Waals surface area contributed by atoms with Crippen molar-refractivity contribution in [3.05, 3.63) is 59.8 Å². The fourth-order valence-corrected chi connectivity index (χ4v) is 3.53. The summed E-state index contributed by atoms with van der Waals surface area (Å²) in [6, 6.07) is 11.5. The lowest BCUT2D eigenvalue weighted by atomic mass is 10.1. The van der Waals surface area contributed by atoms with E-state index in [1.54, 1.807) is 12.3 Å². The van der Waals surface area contributed by atoms with Gasteiger partial charge in [-0.1, -0.05) is 18.2 Å². The summed E-state index contributed by atoms with van der Waals surface area (Å²) in [6.07, 6.45) is 1.62. The quantitative estimate of drug-likeness (QED) is 0.704. The van der Waals surface area contributed by atoms with E-state index in [0.29, 0.717) is 5.69 Å². The summed E-state index contributed by atoms with van der Waals surface area (Å²) in [7, 11) is -0.957. The molecule has 0 spiro atoms. The maximum absolute atomic E-state index is 12.9. The Balaban J connectivity index is 2.04. The lowest BCUT2D eigenvalue weighted by Gasteiger charge is -2.13. The minimum Gasteiger partial charge on any atom is -0.496 e. The Labute approximate surface area is 157 Å². The molecule has 2 aromatic carbocycles.